The van der Waals surface area contributed by atoms with Crippen molar-refractivity contribution in [2.75, 3.05) is 12.3 Å². The lowest BCUT2D eigenvalue weighted by Gasteiger charge is -2.39. The Labute approximate surface area is 192 Å². The highest BCUT2D eigenvalue weighted by atomic mass is 32.2. The monoisotopic (exact) mass is 482 g/mol. The van der Waals surface area contributed by atoms with Crippen LogP contribution >= 0.6 is 0 Å². The molecular weight excluding hydrogens is 453 g/mol. The van der Waals surface area contributed by atoms with Gasteiger partial charge in [0.15, 0.2) is 0 Å². The van der Waals surface area contributed by atoms with Gasteiger partial charge in [-0.2, -0.15) is 0 Å². The number of nitrogens with one attached hydrogen (secondary N) is 1. The maximum atomic E-state index is 15.5. The smallest absolute Gasteiger partial charge is 0.211 e. The summed E-state index contributed by atoms with van der Waals surface area (Å²) in [6, 6.07) is 6.34. The fraction of sp³-hybridized carbons (Fsp3) is 0.500. The zero-order chi connectivity index (χ0) is 23.8. The number of aliphatic hydroxyl groups excluding tert-OH is 1. The zero-order valence-electron chi connectivity index (χ0n) is 18.5. The molecule has 2 aromatic rings. The molecule has 1 unspecified atom stereocenters. The Morgan fingerprint density at radius 1 is 1.12 bits per heavy atom. The Hall–Kier alpha value is -1.94. The molecule has 5 nitrogen and oxygen atoms in total. The van der Waals surface area contributed by atoms with Gasteiger partial charge in [-0.15, -0.1) is 0 Å². The first kappa shape index (κ1) is 24.2. The maximum Gasteiger partial charge on any atom is 0.211 e. The van der Waals surface area contributed by atoms with E-state index in [1.807, 2.05) is 4.90 Å². The van der Waals surface area contributed by atoms with Gasteiger partial charge < -0.3 is 5.11 Å². The molecule has 1 saturated carbocycles. The summed E-state index contributed by atoms with van der Waals surface area (Å²) in [5.74, 6) is -1.91. The first-order valence-corrected chi connectivity index (χ1v) is 13.0. The van der Waals surface area contributed by atoms with Gasteiger partial charge in [0.25, 0.3) is 0 Å². The number of nitrogens with zero attached hydrogens (tertiary/aromatic N) is 1. The molecule has 0 amide bonds. The van der Waals surface area contributed by atoms with Crippen LogP contribution in [0, 0.1) is 23.4 Å². The van der Waals surface area contributed by atoms with E-state index in [1.165, 1.54) is 25.1 Å². The normalized spacial score (nSPS) is 22.9. The lowest BCUT2D eigenvalue weighted by atomic mass is 9.83. The highest BCUT2D eigenvalue weighted by Crippen LogP contribution is 2.36. The van der Waals surface area contributed by atoms with E-state index in [9.17, 15) is 22.3 Å². The number of benzene rings is 2. The average molecular weight is 483 g/mol. The Kier molecular flexibility index (Phi) is 7.14. The van der Waals surface area contributed by atoms with Crippen molar-refractivity contribution in [1.29, 1.82) is 0 Å². The molecule has 1 aliphatic carbocycles. The van der Waals surface area contributed by atoms with Crippen LogP contribution in [0.5, 0.6) is 0 Å². The minimum atomic E-state index is -3.53. The fourth-order valence-corrected chi connectivity index (χ4v) is 5.71. The number of likely N-dealkylation sites (tertiary alicyclic amines) is 1. The number of hydrogen-bond donors (Lipinski definition) is 2. The minimum absolute atomic E-state index is 0.00654. The number of aliphatic hydroxyl groups is 1. The van der Waals surface area contributed by atoms with Crippen molar-refractivity contribution in [3.63, 3.8) is 0 Å². The third kappa shape index (κ3) is 5.26. The zero-order valence-corrected chi connectivity index (χ0v) is 19.3. The first-order valence-electron chi connectivity index (χ1n) is 11.4. The molecule has 180 valence electrons. The quantitative estimate of drug-likeness (QED) is 0.600. The van der Waals surface area contributed by atoms with Gasteiger partial charge in [0, 0.05) is 24.2 Å². The van der Waals surface area contributed by atoms with E-state index in [0.717, 1.165) is 37.5 Å². The third-order valence-electron chi connectivity index (χ3n) is 6.89. The summed E-state index contributed by atoms with van der Waals surface area (Å²) in [5.41, 5.74) is 0.223. The molecule has 0 spiro atoms. The van der Waals surface area contributed by atoms with E-state index < -0.39 is 45.8 Å². The third-order valence-corrected chi connectivity index (χ3v) is 8.31. The second-order valence-electron chi connectivity index (χ2n) is 8.97. The van der Waals surface area contributed by atoms with Crippen LogP contribution in [0.15, 0.2) is 36.4 Å². The minimum Gasteiger partial charge on any atom is -0.378 e. The van der Waals surface area contributed by atoms with E-state index in [0.29, 0.717) is 13.0 Å². The summed E-state index contributed by atoms with van der Waals surface area (Å²) in [6.45, 7) is 1.98. The van der Waals surface area contributed by atoms with Crippen LogP contribution in [0.4, 0.5) is 13.2 Å². The molecule has 1 heterocycles. The molecule has 2 aromatic carbocycles. The van der Waals surface area contributed by atoms with Crippen molar-refractivity contribution in [2.24, 2.45) is 5.92 Å². The highest BCUT2D eigenvalue weighted by molar-refractivity contribution is 7.89. The number of halogens is 3. The first-order chi connectivity index (χ1) is 15.7. The van der Waals surface area contributed by atoms with E-state index in [2.05, 4.69) is 4.72 Å². The molecule has 2 aliphatic rings. The lowest BCUT2D eigenvalue weighted by Crippen LogP contribution is -2.52. The highest BCUT2D eigenvalue weighted by Gasteiger charge is 2.42. The van der Waals surface area contributed by atoms with Crippen molar-refractivity contribution in [3.05, 3.63) is 59.4 Å². The van der Waals surface area contributed by atoms with Crippen molar-refractivity contribution in [2.45, 2.75) is 57.3 Å². The predicted octanol–water partition coefficient (Wildman–Crippen LogP) is 3.81. The Morgan fingerprint density at radius 2 is 1.88 bits per heavy atom. The van der Waals surface area contributed by atoms with Crippen LogP contribution in [-0.2, 0) is 16.4 Å². The van der Waals surface area contributed by atoms with Crippen LogP contribution in [-0.4, -0.2) is 49.0 Å². The number of sulfonamides is 1. The van der Waals surface area contributed by atoms with Crippen LogP contribution in [0.2, 0.25) is 0 Å². The topological polar surface area (TPSA) is 69.6 Å². The van der Waals surface area contributed by atoms with E-state index in [1.54, 1.807) is 0 Å². The van der Waals surface area contributed by atoms with Gasteiger partial charge in [0.1, 0.15) is 23.7 Å². The largest absolute Gasteiger partial charge is 0.378 e. The van der Waals surface area contributed by atoms with Crippen molar-refractivity contribution in [1.82, 2.24) is 9.62 Å². The lowest BCUT2D eigenvalue weighted by molar-refractivity contribution is -0.0718. The summed E-state index contributed by atoms with van der Waals surface area (Å²) < 4.78 is 70.9. The molecule has 1 saturated heterocycles. The SMILES string of the molecule is CCS(=O)(=O)N[C@H]1CCN(C(O)C2CCC2)[C@H]1Cc1cc(F)cc(-c2cccc(F)c2)c1F. The molecule has 9 heteroatoms. The van der Waals surface area contributed by atoms with Crippen molar-refractivity contribution >= 4 is 10.0 Å². The van der Waals surface area contributed by atoms with Gasteiger partial charge in [0.05, 0.1) is 5.75 Å². The summed E-state index contributed by atoms with van der Waals surface area (Å²) in [4.78, 5) is 1.82. The second kappa shape index (κ2) is 9.74. The van der Waals surface area contributed by atoms with Crippen LogP contribution in [0.3, 0.4) is 0 Å². The van der Waals surface area contributed by atoms with E-state index in [-0.39, 0.29) is 34.8 Å². The molecule has 2 fully saturated rings. The standard InChI is InChI=1S/C24H29F3N2O3S/c1-2-33(31,32)28-21-9-10-29(24(30)15-5-3-6-15)22(21)13-17-12-19(26)14-20(23(17)27)16-7-4-8-18(25)11-16/h4,7-8,11-12,14-15,21-22,24,28,30H,2-3,5-6,9-10,13H2,1H3/t21-,22-,24?/m0/s1. The molecule has 2 N–H and O–H groups in total. The van der Waals surface area contributed by atoms with Crippen molar-refractivity contribution in [3.8, 4) is 11.1 Å². The summed E-state index contributed by atoms with van der Waals surface area (Å²) >= 11 is 0. The Morgan fingerprint density at radius 3 is 2.52 bits per heavy atom. The molecule has 33 heavy (non-hydrogen) atoms. The molecule has 0 bridgehead atoms. The summed E-state index contributed by atoms with van der Waals surface area (Å²) in [5, 5.41) is 10.9. The molecule has 0 radical (unpaired) electrons. The van der Waals surface area contributed by atoms with Crippen LogP contribution < -0.4 is 4.72 Å². The predicted molar refractivity (Wildman–Crippen MR) is 120 cm³/mol. The summed E-state index contributed by atoms with van der Waals surface area (Å²) in [6.07, 6.45) is 2.50. The van der Waals surface area contributed by atoms with Crippen LogP contribution in [0.1, 0.15) is 38.2 Å². The van der Waals surface area contributed by atoms with Gasteiger partial charge in [-0.05, 0) is 73.9 Å². The second-order valence-corrected chi connectivity index (χ2v) is 11.0. The molecule has 4 rings (SSSR count). The fourth-order valence-electron chi connectivity index (χ4n) is 4.81. The molecule has 0 aromatic heterocycles. The molecule has 1 aliphatic heterocycles. The Bertz CT molecular complexity index is 1110. The van der Waals surface area contributed by atoms with Crippen molar-refractivity contribution < 1.29 is 26.7 Å². The average Bonchev–Trinajstić information content (AvgIpc) is 3.10. The van der Waals surface area contributed by atoms with Gasteiger partial charge in [-0.1, -0.05) is 18.6 Å². The van der Waals surface area contributed by atoms with Gasteiger partial charge in [-0.25, -0.2) is 26.3 Å². The molecule has 3 atom stereocenters. The molecular formula is C24H29F3N2O3S. The Balaban J connectivity index is 1.68. The van der Waals surface area contributed by atoms with Gasteiger partial charge in [-0.3, -0.25) is 4.90 Å². The van der Waals surface area contributed by atoms with Crippen LogP contribution in [0.25, 0.3) is 11.1 Å². The van der Waals surface area contributed by atoms with E-state index >= 15 is 4.39 Å². The van der Waals surface area contributed by atoms with E-state index in [4.69, 9.17) is 0 Å². The maximum absolute atomic E-state index is 15.5. The van der Waals surface area contributed by atoms with Gasteiger partial charge >= 0.3 is 0 Å². The number of hydrogen-bond acceptors (Lipinski definition) is 4. The van der Waals surface area contributed by atoms with Gasteiger partial charge in [0.2, 0.25) is 10.0 Å². The number of rotatable bonds is 8. The summed E-state index contributed by atoms with van der Waals surface area (Å²) in [7, 11) is -3.53.